The molecule has 1 aliphatic carbocycles. The van der Waals surface area contributed by atoms with E-state index in [9.17, 15) is 5.11 Å². The molecule has 0 radical (unpaired) electrons. The zero-order valence-electron chi connectivity index (χ0n) is 6.26. The molecule has 0 aromatic rings. The third kappa shape index (κ3) is 1.21. The van der Waals surface area contributed by atoms with E-state index in [0.29, 0.717) is 6.42 Å². The largest absolute Gasteiger partial charge is 0.512 e. The summed E-state index contributed by atoms with van der Waals surface area (Å²) in [4.78, 5) is 0. The predicted octanol–water partition coefficient (Wildman–Crippen LogP) is 1.53. The van der Waals surface area contributed by atoms with Crippen LogP contribution in [0.5, 0.6) is 0 Å². The Kier molecular flexibility index (Phi) is 1.57. The highest BCUT2D eigenvalue weighted by atomic mass is 16.3. The summed E-state index contributed by atoms with van der Waals surface area (Å²) in [7, 11) is 0. The lowest BCUT2D eigenvalue weighted by atomic mass is 9.89. The van der Waals surface area contributed by atoms with E-state index in [-0.39, 0.29) is 5.76 Å². The highest BCUT2D eigenvalue weighted by Gasteiger charge is 2.25. The Hall–Kier alpha value is -0.760. The van der Waals surface area contributed by atoms with Gasteiger partial charge < -0.3 is 10.2 Å². The Morgan fingerprint density at radius 1 is 1.50 bits per heavy atom. The van der Waals surface area contributed by atoms with Crippen molar-refractivity contribution < 1.29 is 10.2 Å². The number of rotatable bonds is 0. The molecule has 1 rings (SSSR count). The average molecular weight is 140 g/mol. The van der Waals surface area contributed by atoms with Crippen molar-refractivity contribution in [2.45, 2.75) is 25.9 Å². The Morgan fingerprint density at radius 2 is 2.10 bits per heavy atom. The van der Waals surface area contributed by atoms with E-state index >= 15 is 0 Å². The monoisotopic (exact) mass is 140 g/mol. The van der Waals surface area contributed by atoms with Gasteiger partial charge in [-0.3, -0.25) is 0 Å². The van der Waals surface area contributed by atoms with E-state index in [4.69, 9.17) is 5.11 Å². The SMILES string of the molecule is CC1=CC=C(O)CC1(C)O. The van der Waals surface area contributed by atoms with Gasteiger partial charge in [-0.2, -0.15) is 0 Å². The molecule has 0 bridgehead atoms. The van der Waals surface area contributed by atoms with Gasteiger partial charge in [-0.05, 0) is 25.5 Å². The summed E-state index contributed by atoms with van der Waals surface area (Å²) < 4.78 is 0. The number of allylic oxidation sites excluding steroid dienone is 2. The normalized spacial score (nSPS) is 33.1. The first-order valence-corrected chi connectivity index (χ1v) is 3.32. The molecule has 10 heavy (non-hydrogen) atoms. The molecule has 0 aromatic heterocycles. The van der Waals surface area contributed by atoms with Gasteiger partial charge >= 0.3 is 0 Å². The van der Waals surface area contributed by atoms with Crippen molar-refractivity contribution in [3.63, 3.8) is 0 Å². The van der Waals surface area contributed by atoms with Crippen molar-refractivity contribution in [1.29, 1.82) is 0 Å². The molecule has 1 aliphatic rings. The lowest BCUT2D eigenvalue weighted by molar-refractivity contribution is 0.0841. The van der Waals surface area contributed by atoms with Gasteiger partial charge in [-0.25, -0.2) is 0 Å². The zero-order valence-corrected chi connectivity index (χ0v) is 6.26. The lowest BCUT2D eigenvalue weighted by Gasteiger charge is -2.26. The van der Waals surface area contributed by atoms with Crippen LogP contribution in [0.3, 0.4) is 0 Å². The molecule has 0 saturated heterocycles. The molecule has 0 saturated carbocycles. The van der Waals surface area contributed by atoms with Gasteiger partial charge in [0.2, 0.25) is 0 Å². The van der Waals surface area contributed by atoms with Gasteiger partial charge in [0.15, 0.2) is 0 Å². The minimum absolute atomic E-state index is 0.246. The van der Waals surface area contributed by atoms with Gasteiger partial charge in [0.25, 0.3) is 0 Å². The fraction of sp³-hybridized carbons (Fsp3) is 0.500. The summed E-state index contributed by atoms with van der Waals surface area (Å²) in [6.07, 6.45) is 3.68. The second-order valence-corrected chi connectivity index (χ2v) is 2.96. The number of aliphatic hydroxyl groups is 2. The van der Waals surface area contributed by atoms with Gasteiger partial charge in [-0.1, -0.05) is 6.08 Å². The summed E-state index contributed by atoms with van der Waals surface area (Å²) in [5.74, 6) is 0.246. The van der Waals surface area contributed by atoms with Crippen molar-refractivity contribution in [3.05, 3.63) is 23.5 Å². The first-order chi connectivity index (χ1) is 4.52. The van der Waals surface area contributed by atoms with E-state index in [2.05, 4.69) is 0 Å². The van der Waals surface area contributed by atoms with Crippen LogP contribution in [0.25, 0.3) is 0 Å². The van der Waals surface area contributed by atoms with E-state index in [1.54, 1.807) is 19.1 Å². The smallest absolute Gasteiger partial charge is 0.0954 e. The van der Waals surface area contributed by atoms with E-state index in [0.717, 1.165) is 5.57 Å². The molecule has 56 valence electrons. The fourth-order valence-corrected chi connectivity index (χ4v) is 0.952. The molecule has 0 heterocycles. The number of hydrogen-bond donors (Lipinski definition) is 2. The standard InChI is InChI=1S/C8H12O2/c1-6-3-4-7(9)5-8(6,2)10/h3-4,9-10H,5H2,1-2H3. The summed E-state index contributed by atoms with van der Waals surface area (Å²) in [6, 6.07) is 0. The third-order valence-corrected chi connectivity index (χ3v) is 1.90. The molecule has 0 aliphatic heterocycles. The van der Waals surface area contributed by atoms with E-state index in [1.807, 2.05) is 6.92 Å². The second kappa shape index (κ2) is 2.13. The molecule has 1 atom stereocenters. The number of aliphatic hydroxyl groups excluding tert-OH is 1. The van der Waals surface area contributed by atoms with Crippen LogP contribution in [0.1, 0.15) is 20.3 Å². The first kappa shape index (κ1) is 7.35. The minimum Gasteiger partial charge on any atom is -0.512 e. The van der Waals surface area contributed by atoms with Crippen molar-refractivity contribution in [2.24, 2.45) is 0 Å². The Morgan fingerprint density at radius 3 is 2.50 bits per heavy atom. The van der Waals surface area contributed by atoms with Crippen molar-refractivity contribution in [1.82, 2.24) is 0 Å². The summed E-state index contributed by atoms with van der Waals surface area (Å²) in [5.41, 5.74) is 0.0454. The quantitative estimate of drug-likeness (QED) is 0.535. The summed E-state index contributed by atoms with van der Waals surface area (Å²) >= 11 is 0. The molecule has 2 N–H and O–H groups in total. The van der Waals surface area contributed by atoms with Gasteiger partial charge in [0.1, 0.15) is 0 Å². The molecular formula is C8H12O2. The average Bonchev–Trinajstić information content (AvgIpc) is 1.78. The molecule has 0 aromatic carbocycles. The maximum Gasteiger partial charge on any atom is 0.0954 e. The van der Waals surface area contributed by atoms with Crippen LogP contribution in [0.2, 0.25) is 0 Å². The fourth-order valence-electron chi connectivity index (χ4n) is 0.952. The van der Waals surface area contributed by atoms with Crippen LogP contribution < -0.4 is 0 Å². The predicted molar refractivity (Wildman–Crippen MR) is 39.7 cm³/mol. The highest BCUT2D eigenvalue weighted by molar-refractivity contribution is 5.27. The highest BCUT2D eigenvalue weighted by Crippen LogP contribution is 2.26. The third-order valence-electron chi connectivity index (χ3n) is 1.90. The summed E-state index contributed by atoms with van der Waals surface area (Å²) in [6.45, 7) is 3.55. The van der Waals surface area contributed by atoms with E-state index in [1.165, 1.54) is 0 Å². The van der Waals surface area contributed by atoms with Gasteiger partial charge in [0, 0.05) is 6.42 Å². The minimum atomic E-state index is -0.848. The van der Waals surface area contributed by atoms with E-state index < -0.39 is 5.60 Å². The van der Waals surface area contributed by atoms with Crippen molar-refractivity contribution in [3.8, 4) is 0 Å². The topological polar surface area (TPSA) is 40.5 Å². The molecule has 0 fully saturated rings. The number of hydrogen-bond acceptors (Lipinski definition) is 2. The Labute approximate surface area is 60.5 Å². The molecule has 0 amide bonds. The van der Waals surface area contributed by atoms with Crippen LogP contribution in [0, 0.1) is 0 Å². The van der Waals surface area contributed by atoms with Gasteiger partial charge in [-0.15, -0.1) is 0 Å². The van der Waals surface area contributed by atoms with Crippen LogP contribution in [0.4, 0.5) is 0 Å². The summed E-state index contributed by atoms with van der Waals surface area (Å²) in [5, 5.41) is 18.6. The van der Waals surface area contributed by atoms with Crippen LogP contribution in [-0.2, 0) is 0 Å². The lowest BCUT2D eigenvalue weighted by Crippen LogP contribution is -2.27. The first-order valence-electron chi connectivity index (χ1n) is 3.32. The molecule has 2 nitrogen and oxygen atoms in total. The van der Waals surface area contributed by atoms with Crippen molar-refractivity contribution in [2.75, 3.05) is 0 Å². The molecule has 1 unspecified atom stereocenters. The second-order valence-electron chi connectivity index (χ2n) is 2.96. The molecule has 0 spiro atoms. The Balaban J connectivity index is 2.89. The van der Waals surface area contributed by atoms with Crippen LogP contribution >= 0.6 is 0 Å². The molecule has 2 heteroatoms. The Bertz CT molecular complexity index is 199. The van der Waals surface area contributed by atoms with Gasteiger partial charge in [0.05, 0.1) is 11.4 Å². The van der Waals surface area contributed by atoms with Crippen LogP contribution in [0.15, 0.2) is 23.5 Å². The van der Waals surface area contributed by atoms with Crippen LogP contribution in [-0.4, -0.2) is 15.8 Å². The zero-order chi connectivity index (χ0) is 7.78. The van der Waals surface area contributed by atoms with Crippen molar-refractivity contribution >= 4 is 0 Å². The maximum absolute atomic E-state index is 9.54. The molecular weight excluding hydrogens is 128 g/mol. The maximum atomic E-state index is 9.54.